The molecule has 0 unspecified atom stereocenters. The monoisotopic (exact) mass is 350 g/mol. The Bertz CT molecular complexity index is 922. The van der Waals surface area contributed by atoms with Crippen LogP contribution in [-0.4, -0.2) is 21.5 Å². The second kappa shape index (κ2) is 6.12. The summed E-state index contributed by atoms with van der Waals surface area (Å²) in [6.07, 6.45) is 3.61. The summed E-state index contributed by atoms with van der Waals surface area (Å²) in [6.45, 7) is 4.30. The number of rotatable bonds is 3. The van der Waals surface area contributed by atoms with Gasteiger partial charge in [0.2, 0.25) is 0 Å². The highest BCUT2D eigenvalue weighted by Crippen LogP contribution is 2.41. The summed E-state index contributed by atoms with van der Waals surface area (Å²) in [4.78, 5) is 24.5. The number of nitrogens with zero attached hydrogens (tertiary/aromatic N) is 2. The number of nitrogens with two attached hydrogens (primary N) is 1. The van der Waals surface area contributed by atoms with Crippen LogP contribution in [0.15, 0.2) is 41.7 Å². The molecule has 0 saturated heterocycles. The van der Waals surface area contributed by atoms with E-state index in [0.29, 0.717) is 23.7 Å². The van der Waals surface area contributed by atoms with Crippen molar-refractivity contribution in [1.29, 1.82) is 0 Å². The highest BCUT2D eigenvalue weighted by molar-refractivity contribution is 6.02. The van der Waals surface area contributed by atoms with Crippen molar-refractivity contribution in [2.45, 2.75) is 45.1 Å². The van der Waals surface area contributed by atoms with E-state index in [4.69, 9.17) is 5.73 Å². The Morgan fingerprint density at radius 2 is 2.00 bits per heavy atom. The molecular formula is C20H22N4O2. The average Bonchev–Trinajstić information content (AvgIpc) is 3.04. The van der Waals surface area contributed by atoms with Gasteiger partial charge in [-0.1, -0.05) is 38.1 Å². The summed E-state index contributed by atoms with van der Waals surface area (Å²) in [5.41, 5.74) is 9.71. The van der Waals surface area contributed by atoms with Crippen molar-refractivity contribution in [3.63, 3.8) is 0 Å². The number of hydrogen-bond donors (Lipinski definition) is 2. The molecule has 134 valence electrons. The van der Waals surface area contributed by atoms with Crippen LogP contribution in [0.1, 0.15) is 66.6 Å². The van der Waals surface area contributed by atoms with E-state index in [1.807, 2.05) is 12.1 Å². The van der Waals surface area contributed by atoms with Gasteiger partial charge in [0.25, 0.3) is 5.91 Å². The van der Waals surface area contributed by atoms with Crippen LogP contribution in [0.25, 0.3) is 0 Å². The Morgan fingerprint density at radius 3 is 2.65 bits per heavy atom. The van der Waals surface area contributed by atoms with Gasteiger partial charge in [0, 0.05) is 17.7 Å². The number of primary amides is 1. The van der Waals surface area contributed by atoms with E-state index in [1.54, 1.807) is 4.68 Å². The van der Waals surface area contributed by atoms with Crippen molar-refractivity contribution in [2.24, 2.45) is 5.73 Å². The van der Waals surface area contributed by atoms with E-state index in [2.05, 4.69) is 36.4 Å². The van der Waals surface area contributed by atoms with Crippen LogP contribution in [0.4, 0.5) is 5.82 Å². The molecule has 0 bridgehead atoms. The summed E-state index contributed by atoms with van der Waals surface area (Å²) in [7, 11) is 0. The van der Waals surface area contributed by atoms with Crippen LogP contribution in [-0.2, 0) is 4.79 Å². The van der Waals surface area contributed by atoms with Crippen LogP contribution in [0.5, 0.6) is 0 Å². The summed E-state index contributed by atoms with van der Waals surface area (Å²) in [5, 5.41) is 7.63. The van der Waals surface area contributed by atoms with Gasteiger partial charge in [-0.25, -0.2) is 4.68 Å². The van der Waals surface area contributed by atoms with E-state index < -0.39 is 5.91 Å². The van der Waals surface area contributed by atoms with E-state index in [-0.39, 0.29) is 11.8 Å². The Kier molecular flexibility index (Phi) is 3.90. The zero-order valence-corrected chi connectivity index (χ0v) is 15.0. The number of Topliss-reactive ketones (excluding diaryl/α,β-unsaturated/α-hetero) is 1. The van der Waals surface area contributed by atoms with Crippen molar-refractivity contribution in [1.82, 2.24) is 9.78 Å². The minimum Gasteiger partial charge on any atom is -0.365 e. The third-order valence-corrected chi connectivity index (χ3v) is 5.22. The second-order valence-electron chi connectivity index (χ2n) is 7.23. The molecule has 1 atom stereocenters. The Morgan fingerprint density at radius 1 is 1.27 bits per heavy atom. The van der Waals surface area contributed by atoms with Gasteiger partial charge in [-0.2, -0.15) is 5.10 Å². The lowest BCUT2D eigenvalue weighted by Crippen LogP contribution is -2.32. The third-order valence-electron chi connectivity index (χ3n) is 5.22. The Hall–Kier alpha value is -2.89. The first-order valence-electron chi connectivity index (χ1n) is 8.97. The fraction of sp³-hybridized carbons (Fsp3) is 0.350. The molecule has 0 radical (unpaired) electrons. The average molecular weight is 350 g/mol. The third kappa shape index (κ3) is 2.53. The fourth-order valence-corrected chi connectivity index (χ4v) is 3.81. The maximum absolute atomic E-state index is 12.7. The van der Waals surface area contributed by atoms with Gasteiger partial charge in [-0.15, -0.1) is 0 Å². The predicted octanol–water partition coefficient (Wildman–Crippen LogP) is 3.13. The quantitative estimate of drug-likeness (QED) is 0.890. The van der Waals surface area contributed by atoms with Crippen molar-refractivity contribution in [3.8, 4) is 0 Å². The van der Waals surface area contributed by atoms with E-state index in [0.717, 1.165) is 29.7 Å². The van der Waals surface area contributed by atoms with E-state index >= 15 is 0 Å². The summed E-state index contributed by atoms with van der Waals surface area (Å²) in [6, 6.07) is 7.95. The minimum atomic E-state index is -0.529. The molecule has 1 amide bonds. The van der Waals surface area contributed by atoms with E-state index in [9.17, 15) is 9.59 Å². The predicted molar refractivity (Wildman–Crippen MR) is 98.9 cm³/mol. The summed E-state index contributed by atoms with van der Waals surface area (Å²) < 4.78 is 1.71. The van der Waals surface area contributed by atoms with E-state index in [1.165, 1.54) is 11.8 Å². The Balaban J connectivity index is 1.88. The first kappa shape index (κ1) is 16.6. The van der Waals surface area contributed by atoms with Gasteiger partial charge in [0.1, 0.15) is 17.4 Å². The van der Waals surface area contributed by atoms with Crippen molar-refractivity contribution >= 4 is 17.5 Å². The Labute approximate surface area is 152 Å². The fourth-order valence-electron chi connectivity index (χ4n) is 3.81. The van der Waals surface area contributed by atoms with Gasteiger partial charge in [-0.3, -0.25) is 9.59 Å². The number of anilines is 1. The zero-order valence-electron chi connectivity index (χ0n) is 15.0. The molecule has 1 aliphatic carbocycles. The van der Waals surface area contributed by atoms with Gasteiger partial charge in [0.15, 0.2) is 5.78 Å². The summed E-state index contributed by atoms with van der Waals surface area (Å²) >= 11 is 0. The molecule has 4 rings (SSSR count). The number of ketones is 1. The molecule has 0 saturated carbocycles. The zero-order chi connectivity index (χ0) is 18.4. The number of allylic oxidation sites excluding steroid dienone is 2. The number of carbonyl (C=O) groups excluding carboxylic acids is 2. The lowest BCUT2D eigenvalue weighted by molar-refractivity contribution is -0.116. The number of nitrogens with one attached hydrogen (secondary N) is 1. The number of benzene rings is 1. The molecule has 0 fully saturated rings. The summed E-state index contributed by atoms with van der Waals surface area (Å²) in [5.74, 6) is 0.617. The van der Waals surface area contributed by atoms with Crippen LogP contribution in [0, 0.1) is 0 Å². The molecule has 6 heteroatoms. The normalized spacial score (nSPS) is 19.2. The van der Waals surface area contributed by atoms with Crippen LogP contribution in [0.2, 0.25) is 0 Å². The largest absolute Gasteiger partial charge is 0.365 e. The molecule has 3 N–H and O–H groups in total. The maximum atomic E-state index is 12.7. The molecule has 0 spiro atoms. The molecule has 2 aliphatic rings. The van der Waals surface area contributed by atoms with Crippen LogP contribution in [0.3, 0.4) is 0 Å². The second-order valence-corrected chi connectivity index (χ2v) is 7.23. The molecular weight excluding hydrogens is 328 g/mol. The van der Waals surface area contributed by atoms with Crippen LogP contribution >= 0.6 is 0 Å². The lowest BCUT2D eigenvalue weighted by Gasteiger charge is -2.33. The maximum Gasteiger partial charge on any atom is 0.254 e. The molecule has 26 heavy (non-hydrogen) atoms. The first-order valence-corrected chi connectivity index (χ1v) is 8.97. The van der Waals surface area contributed by atoms with Crippen molar-refractivity contribution in [2.75, 3.05) is 5.32 Å². The molecule has 6 nitrogen and oxygen atoms in total. The number of hydrogen-bond acceptors (Lipinski definition) is 4. The smallest absolute Gasteiger partial charge is 0.254 e. The standard InChI is InChI=1S/C20H22N4O2/c1-11(2)12-6-8-13(9-7-12)18-17-15(4-3-5-16(17)25)23-20-14(19(21)26)10-22-24(18)20/h6-11,18,23H,3-5H2,1-2H3,(H2,21,26)/t18-/m1/s1. The number of aromatic nitrogens is 2. The van der Waals surface area contributed by atoms with Crippen LogP contribution < -0.4 is 11.1 Å². The van der Waals surface area contributed by atoms with Crippen molar-refractivity contribution in [3.05, 3.63) is 58.4 Å². The molecule has 2 heterocycles. The topological polar surface area (TPSA) is 90.0 Å². The van der Waals surface area contributed by atoms with Gasteiger partial charge in [-0.05, 0) is 29.9 Å². The SMILES string of the molecule is CC(C)c1ccc([C@@H]2C3=C(CCCC3=O)Nc3c(C(N)=O)cnn32)cc1. The molecule has 1 aromatic heterocycles. The van der Waals surface area contributed by atoms with Gasteiger partial charge < -0.3 is 11.1 Å². The molecule has 1 aromatic carbocycles. The van der Waals surface area contributed by atoms with Gasteiger partial charge >= 0.3 is 0 Å². The highest BCUT2D eigenvalue weighted by atomic mass is 16.1. The lowest BCUT2D eigenvalue weighted by atomic mass is 9.85. The molecule has 1 aliphatic heterocycles. The molecule has 2 aromatic rings. The first-order chi connectivity index (χ1) is 12.5. The minimum absolute atomic E-state index is 0.137. The number of carbonyl (C=O) groups is 2. The number of amides is 1. The van der Waals surface area contributed by atoms with Gasteiger partial charge in [0.05, 0.1) is 6.20 Å². The number of fused-ring (bicyclic) bond motifs is 1. The van der Waals surface area contributed by atoms with Crippen molar-refractivity contribution < 1.29 is 9.59 Å². The highest BCUT2D eigenvalue weighted by Gasteiger charge is 2.37.